The zero-order chi connectivity index (χ0) is 23.4. The Labute approximate surface area is 174 Å². The van der Waals surface area contributed by atoms with Crippen LogP contribution in [0.25, 0.3) is 0 Å². The van der Waals surface area contributed by atoms with Gasteiger partial charge < -0.3 is 0 Å². The molecule has 0 saturated carbocycles. The van der Waals surface area contributed by atoms with Crippen LogP contribution in [0.5, 0.6) is 0 Å². The molecule has 0 aliphatic rings. The summed E-state index contributed by atoms with van der Waals surface area (Å²) in [6, 6.07) is 0. The Balaban J connectivity index is 8.09. The molecule has 0 aromatic carbocycles. The van der Waals surface area contributed by atoms with Gasteiger partial charge in [-0.1, -0.05) is 0 Å². The fraction of sp³-hybridized carbons (Fsp3) is 0.600. The number of rotatable bonds is 12. The number of carbonyl (C=O) groups is 8. The molecule has 0 unspecified atom stereocenters. The van der Waals surface area contributed by atoms with Crippen molar-refractivity contribution in [2.24, 2.45) is 0 Å². The third kappa shape index (κ3) is 5.24. The predicted octanol–water partition coefficient (Wildman–Crippen LogP) is 2.01. The van der Waals surface area contributed by atoms with E-state index in [2.05, 4.69) is 0 Å². The van der Waals surface area contributed by atoms with Crippen LogP contribution in [0.2, 0.25) is 14.5 Å². The van der Waals surface area contributed by atoms with E-state index >= 15 is 0 Å². The molecule has 0 bridgehead atoms. The van der Waals surface area contributed by atoms with Crippen LogP contribution in [0.15, 0.2) is 0 Å². The summed E-state index contributed by atoms with van der Waals surface area (Å²) in [5.74, 6) is -6.11. The third-order valence-corrected chi connectivity index (χ3v) is 23.1. The molecule has 0 heterocycles. The molecule has 8 nitrogen and oxygen atoms in total. The van der Waals surface area contributed by atoms with Crippen LogP contribution in [0, 0.1) is 0 Å². The van der Waals surface area contributed by atoms with E-state index in [1.54, 1.807) is 0 Å². The Bertz CT molecular complexity index is 605. The van der Waals surface area contributed by atoms with E-state index in [0.29, 0.717) is 0 Å². The predicted molar refractivity (Wildman–Crippen MR) is 100 cm³/mol. The molecule has 0 N–H and O–H groups in total. The van der Waals surface area contributed by atoms with Gasteiger partial charge in [-0.3, -0.25) is 0 Å². The van der Waals surface area contributed by atoms with Crippen molar-refractivity contribution in [1.82, 2.24) is 0 Å². The zero-order valence-corrected chi connectivity index (χ0v) is 20.5. The maximum absolute atomic E-state index is 12.6. The molecule has 0 aliphatic carbocycles. The standard InChI is InChI=1S/4C5H7O2.Zr/c4*1-4(6)3-5(2)7;/h4*3H,1-2H3;. The molecule has 0 atom stereocenters. The Hall–Kier alpha value is -1.76. The minimum atomic E-state index is -5.72. The van der Waals surface area contributed by atoms with E-state index in [1.165, 1.54) is 0 Å². The van der Waals surface area contributed by atoms with Crippen LogP contribution in [0.4, 0.5) is 0 Å². The van der Waals surface area contributed by atoms with Crippen LogP contribution in [-0.2, 0) is 58.6 Å². The zero-order valence-electron chi connectivity index (χ0n) is 18.1. The summed E-state index contributed by atoms with van der Waals surface area (Å²) < 4.78 is -6.62. The van der Waals surface area contributed by atoms with Gasteiger partial charge in [0.05, 0.1) is 0 Å². The van der Waals surface area contributed by atoms with Crippen LogP contribution in [-0.4, -0.2) is 46.3 Å². The van der Waals surface area contributed by atoms with E-state index < -0.39 is 81.0 Å². The van der Waals surface area contributed by atoms with E-state index in [4.69, 9.17) is 0 Å². The van der Waals surface area contributed by atoms with Crippen molar-refractivity contribution in [3.63, 3.8) is 0 Å². The van der Waals surface area contributed by atoms with Gasteiger partial charge in [-0.15, -0.1) is 0 Å². The van der Waals surface area contributed by atoms with Gasteiger partial charge in [0.15, 0.2) is 0 Å². The second-order valence-electron chi connectivity index (χ2n) is 7.62. The second-order valence-corrected chi connectivity index (χ2v) is 18.2. The number of carbonyl (C=O) groups excluding carboxylic acids is 8. The van der Waals surface area contributed by atoms with Gasteiger partial charge in [-0.2, -0.15) is 0 Å². The average molecular weight is 488 g/mol. The second kappa shape index (κ2) is 10.3. The molecule has 160 valence electrons. The van der Waals surface area contributed by atoms with Crippen LogP contribution in [0.3, 0.4) is 0 Å². The van der Waals surface area contributed by atoms with Crippen molar-refractivity contribution in [1.29, 1.82) is 0 Å². The molecule has 0 aromatic heterocycles. The number of hydrogen-bond acceptors (Lipinski definition) is 8. The Kier molecular flexibility index (Phi) is 9.70. The quantitative estimate of drug-likeness (QED) is 0.381. The first kappa shape index (κ1) is 27.2. The van der Waals surface area contributed by atoms with Gasteiger partial charge in [0.1, 0.15) is 0 Å². The monoisotopic (exact) mass is 486 g/mol. The molecule has 9 heteroatoms. The molecule has 0 fully saturated rings. The molecule has 29 heavy (non-hydrogen) atoms. The summed E-state index contributed by atoms with van der Waals surface area (Å²) in [4.78, 5) is 101. The van der Waals surface area contributed by atoms with Crippen molar-refractivity contribution in [2.45, 2.75) is 69.9 Å². The fourth-order valence-corrected chi connectivity index (χ4v) is 23.7. The van der Waals surface area contributed by atoms with Crippen molar-refractivity contribution in [2.75, 3.05) is 0 Å². The molecule has 0 aliphatic heterocycles. The fourth-order valence-electron chi connectivity index (χ4n) is 4.96. The van der Waals surface area contributed by atoms with Crippen LogP contribution >= 0.6 is 0 Å². The summed E-state index contributed by atoms with van der Waals surface area (Å²) in [7, 11) is 0. The first-order chi connectivity index (χ1) is 13.1. The van der Waals surface area contributed by atoms with Crippen LogP contribution in [0.1, 0.15) is 55.4 Å². The maximum atomic E-state index is 12.6. The van der Waals surface area contributed by atoms with Crippen LogP contribution < -0.4 is 0 Å². The summed E-state index contributed by atoms with van der Waals surface area (Å²) in [5.41, 5.74) is 0. The van der Waals surface area contributed by atoms with Crippen molar-refractivity contribution < 1.29 is 58.6 Å². The van der Waals surface area contributed by atoms with Gasteiger partial charge in [-0.05, 0) is 0 Å². The molecule has 0 aromatic rings. The molecule has 0 amide bonds. The average Bonchev–Trinajstić information content (AvgIpc) is 2.42. The van der Waals surface area contributed by atoms with E-state index in [0.717, 1.165) is 55.4 Å². The number of Topliss-reactive ketones (excluding diaryl/α,β-unsaturated/α-hetero) is 8. The van der Waals surface area contributed by atoms with E-state index in [9.17, 15) is 38.4 Å². The summed E-state index contributed by atoms with van der Waals surface area (Å²) >= 11 is -5.72. The van der Waals surface area contributed by atoms with E-state index in [-0.39, 0.29) is 0 Å². The first-order valence-electron chi connectivity index (χ1n) is 9.10. The molecular weight excluding hydrogens is 459 g/mol. The van der Waals surface area contributed by atoms with Gasteiger partial charge in [0.2, 0.25) is 0 Å². The molecule has 0 spiro atoms. The van der Waals surface area contributed by atoms with E-state index in [1.807, 2.05) is 0 Å². The summed E-state index contributed by atoms with van der Waals surface area (Å²) in [5, 5.41) is 0. The topological polar surface area (TPSA) is 137 Å². The third-order valence-electron chi connectivity index (χ3n) is 5.25. The molecule has 0 radical (unpaired) electrons. The van der Waals surface area contributed by atoms with Gasteiger partial charge in [0, 0.05) is 0 Å². The van der Waals surface area contributed by atoms with Gasteiger partial charge in [0.25, 0.3) is 0 Å². The van der Waals surface area contributed by atoms with Gasteiger partial charge >= 0.3 is 175 Å². The summed E-state index contributed by atoms with van der Waals surface area (Å²) in [6.45, 7) is 8.36. The Morgan fingerprint density at radius 2 is 0.448 bits per heavy atom. The van der Waals surface area contributed by atoms with Crippen molar-refractivity contribution >= 4 is 46.3 Å². The normalized spacial score (nSPS) is 11.7. The first-order valence-corrected chi connectivity index (χ1v) is 14.8. The van der Waals surface area contributed by atoms with Crippen molar-refractivity contribution in [3.05, 3.63) is 0 Å². The SMILES string of the molecule is CC(=O)[CH](C(C)=O)[Zr]([CH](C(C)=O)C(C)=O)([CH](C(C)=O)C(C)=O)[CH](C(C)=O)C(C)=O. The summed E-state index contributed by atoms with van der Waals surface area (Å²) in [6.07, 6.45) is 0. The Morgan fingerprint density at radius 1 is 0.345 bits per heavy atom. The molecular formula is C20H28O8Zr. The molecule has 0 saturated heterocycles. The van der Waals surface area contributed by atoms with Crippen molar-refractivity contribution in [3.8, 4) is 0 Å². The Morgan fingerprint density at radius 3 is 0.517 bits per heavy atom. The number of hydrogen-bond donors (Lipinski definition) is 0. The number of ketones is 8. The molecule has 0 rings (SSSR count). The minimum absolute atomic E-state index is 0.763. The van der Waals surface area contributed by atoms with Gasteiger partial charge in [-0.25, -0.2) is 0 Å².